The van der Waals surface area contributed by atoms with Crippen LogP contribution in [0.15, 0.2) is 72.9 Å². The van der Waals surface area contributed by atoms with E-state index in [-0.39, 0.29) is 11.7 Å². The molecule has 1 amide bonds. The van der Waals surface area contributed by atoms with Gasteiger partial charge in [-0.1, -0.05) is 49.7 Å². The molecule has 1 N–H and O–H groups in total. The number of pyridine rings is 1. The summed E-state index contributed by atoms with van der Waals surface area (Å²) in [6, 6.07) is 19.8. The fraction of sp³-hybridized carbons (Fsp3) is 0.269. The summed E-state index contributed by atoms with van der Waals surface area (Å²) >= 11 is 0. The zero-order chi connectivity index (χ0) is 22.3. The average molecular weight is 431 g/mol. The van der Waals surface area contributed by atoms with Crippen molar-refractivity contribution >= 4 is 16.9 Å². The Hall–Kier alpha value is -3.54. The van der Waals surface area contributed by atoms with E-state index in [0.29, 0.717) is 37.2 Å². The van der Waals surface area contributed by atoms with Crippen LogP contribution in [0, 0.1) is 5.82 Å². The van der Waals surface area contributed by atoms with Crippen molar-refractivity contribution in [2.24, 2.45) is 0 Å². The first-order valence-corrected chi connectivity index (χ1v) is 11.0. The van der Waals surface area contributed by atoms with Gasteiger partial charge in [-0.2, -0.15) is 0 Å². The Balaban J connectivity index is 1.63. The number of hydrogen-bond acceptors (Lipinski definition) is 3. The van der Waals surface area contributed by atoms with Crippen LogP contribution >= 0.6 is 0 Å². The Kier molecular flexibility index (Phi) is 6.90. The maximum Gasteiger partial charge on any atom is 0.243 e. The van der Waals surface area contributed by atoms with Crippen molar-refractivity contribution in [2.45, 2.75) is 38.6 Å². The first-order valence-electron chi connectivity index (χ1n) is 11.0. The number of nitrogens with one attached hydrogen (secondary N) is 1. The van der Waals surface area contributed by atoms with Crippen LogP contribution < -0.4 is 5.32 Å². The van der Waals surface area contributed by atoms with Crippen molar-refractivity contribution in [3.05, 3.63) is 95.8 Å². The molecule has 2 aromatic carbocycles. The van der Waals surface area contributed by atoms with Crippen molar-refractivity contribution in [1.29, 1.82) is 0 Å². The topological polar surface area (TPSA) is 59.8 Å². The first-order chi connectivity index (χ1) is 15.7. The van der Waals surface area contributed by atoms with Gasteiger partial charge in [-0.25, -0.2) is 9.37 Å². The molecule has 0 aliphatic rings. The first kappa shape index (κ1) is 21.7. The lowest BCUT2D eigenvalue weighted by Gasteiger charge is -2.21. The molecule has 0 radical (unpaired) electrons. The lowest BCUT2D eigenvalue weighted by atomic mass is 10.1. The minimum absolute atomic E-state index is 0.0549. The van der Waals surface area contributed by atoms with E-state index in [1.54, 1.807) is 18.3 Å². The monoisotopic (exact) mass is 430 g/mol. The van der Waals surface area contributed by atoms with Crippen molar-refractivity contribution < 1.29 is 9.18 Å². The number of benzene rings is 2. The zero-order valence-electron chi connectivity index (χ0n) is 18.2. The van der Waals surface area contributed by atoms with Gasteiger partial charge in [0.2, 0.25) is 5.91 Å². The number of rotatable bonds is 9. The van der Waals surface area contributed by atoms with Crippen molar-refractivity contribution in [3.8, 4) is 0 Å². The summed E-state index contributed by atoms with van der Waals surface area (Å²) in [5, 5.41) is 3.07. The predicted octanol–water partition coefficient (Wildman–Crippen LogP) is 4.86. The molecule has 0 aliphatic carbocycles. The lowest BCUT2D eigenvalue weighted by Crippen LogP contribution is -2.34. The Bertz CT molecular complexity index is 1190. The molecule has 4 rings (SSSR count). The number of amides is 1. The van der Waals surface area contributed by atoms with Crippen molar-refractivity contribution in [2.75, 3.05) is 6.54 Å². The van der Waals surface area contributed by atoms with E-state index in [2.05, 4.69) is 17.2 Å². The largest absolute Gasteiger partial charge is 0.354 e. The highest BCUT2D eigenvalue weighted by Crippen LogP contribution is 2.26. The average Bonchev–Trinajstić information content (AvgIpc) is 3.17. The van der Waals surface area contributed by atoms with Gasteiger partial charge in [0.05, 0.1) is 11.0 Å². The van der Waals surface area contributed by atoms with E-state index in [9.17, 15) is 9.18 Å². The molecule has 0 saturated heterocycles. The third-order valence-electron chi connectivity index (χ3n) is 5.56. The zero-order valence-corrected chi connectivity index (χ0v) is 18.2. The van der Waals surface area contributed by atoms with Crippen LogP contribution in [-0.2, 0) is 17.6 Å². The van der Waals surface area contributed by atoms with Crippen LogP contribution in [0.3, 0.4) is 0 Å². The van der Waals surface area contributed by atoms with E-state index in [1.165, 1.54) is 6.07 Å². The molecule has 2 heterocycles. The van der Waals surface area contributed by atoms with E-state index >= 15 is 0 Å². The number of nitrogens with zero attached hydrogens (tertiary/aromatic N) is 3. The van der Waals surface area contributed by atoms with Gasteiger partial charge >= 0.3 is 0 Å². The van der Waals surface area contributed by atoms with Crippen LogP contribution in [0.4, 0.5) is 4.39 Å². The Morgan fingerprint density at radius 3 is 2.62 bits per heavy atom. The van der Waals surface area contributed by atoms with E-state index in [4.69, 9.17) is 4.98 Å². The predicted molar refractivity (Wildman–Crippen MR) is 124 cm³/mol. The number of aromatic nitrogens is 3. The van der Waals surface area contributed by atoms with E-state index in [0.717, 1.165) is 23.1 Å². The lowest BCUT2D eigenvalue weighted by molar-refractivity contribution is -0.124. The number of fused-ring (bicyclic) bond motifs is 1. The standard InChI is InChI=1S/C26H27FN4O/c1-2-9-24(26(32)29-17-15-20-11-7-8-16-28-20)31-23-14-6-5-13-22(23)30-25(31)18-19-10-3-4-12-21(19)27/h3-8,10-14,16,24H,2,9,15,17-18H2,1H3,(H,29,32)/t24-/m0/s1. The molecule has 0 saturated carbocycles. The van der Waals surface area contributed by atoms with Gasteiger partial charge in [0.15, 0.2) is 0 Å². The second-order valence-electron chi connectivity index (χ2n) is 7.82. The number of halogens is 1. The van der Waals surface area contributed by atoms with Crippen molar-refractivity contribution in [1.82, 2.24) is 19.9 Å². The van der Waals surface area contributed by atoms with Gasteiger partial charge < -0.3 is 9.88 Å². The highest BCUT2D eigenvalue weighted by Gasteiger charge is 2.25. The van der Waals surface area contributed by atoms with Gasteiger partial charge in [-0.3, -0.25) is 9.78 Å². The Morgan fingerprint density at radius 2 is 1.84 bits per heavy atom. The molecule has 1 atom stereocenters. The normalized spacial score (nSPS) is 12.1. The molecular formula is C26H27FN4O. The molecule has 164 valence electrons. The maximum atomic E-state index is 14.4. The number of para-hydroxylation sites is 2. The summed E-state index contributed by atoms with van der Waals surface area (Å²) in [6.45, 7) is 2.56. The number of imidazole rings is 1. The Labute approximate surface area is 187 Å². The third-order valence-corrected chi connectivity index (χ3v) is 5.56. The summed E-state index contributed by atoms with van der Waals surface area (Å²) < 4.78 is 16.4. The van der Waals surface area contributed by atoms with Crippen molar-refractivity contribution in [3.63, 3.8) is 0 Å². The molecule has 0 aliphatic heterocycles. The molecule has 2 aromatic heterocycles. The second kappa shape index (κ2) is 10.2. The number of carbonyl (C=O) groups excluding carboxylic acids is 1. The molecule has 5 nitrogen and oxygen atoms in total. The van der Waals surface area contributed by atoms with Gasteiger partial charge in [0.1, 0.15) is 17.7 Å². The van der Waals surface area contributed by atoms with Crippen LogP contribution in [0.25, 0.3) is 11.0 Å². The van der Waals surface area contributed by atoms with Crippen LogP contribution in [0.1, 0.15) is 42.9 Å². The molecule has 4 aromatic rings. The second-order valence-corrected chi connectivity index (χ2v) is 7.82. The van der Waals surface area contributed by atoms with Crippen LogP contribution in [0.5, 0.6) is 0 Å². The maximum absolute atomic E-state index is 14.4. The molecule has 6 heteroatoms. The summed E-state index contributed by atoms with van der Waals surface area (Å²) in [5.41, 5.74) is 3.20. The van der Waals surface area contributed by atoms with Gasteiger partial charge in [0, 0.05) is 31.3 Å². The van der Waals surface area contributed by atoms with E-state index in [1.807, 2.05) is 53.1 Å². The SMILES string of the molecule is CCC[C@@H](C(=O)NCCc1ccccn1)n1c(Cc2ccccc2F)nc2ccccc21. The number of carbonyl (C=O) groups is 1. The molecule has 0 spiro atoms. The summed E-state index contributed by atoms with van der Waals surface area (Å²) in [5.74, 6) is 0.369. The molecule has 0 bridgehead atoms. The van der Waals surface area contributed by atoms with Gasteiger partial charge in [-0.05, 0) is 42.3 Å². The highest BCUT2D eigenvalue weighted by molar-refractivity contribution is 5.84. The molecule has 0 unspecified atom stereocenters. The number of hydrogen-bond donors (Lipinski definition) is 1. The summed E-state index contributed by atoms with van der Waals surface area (Å²) in [4.78, 5) is 22.4. The minimum atomic E-state index is -0.419. The smallest absolute Gasteiger partial charge is 0.243 e. The van der Waals surface area contributed by atoms with Gasteiger partial charge in [0.25, 0.3) is 0 Å². The molecule has 32 heavy (non-hydrogen) atoms. The van der Waals surface area contributed by atoms with E-state index < -0.39 is 6.04 Å². The minimum Gasteiger partial charge on any atom is -0.354 e. The fourth-order valence-corrected chi connectivity index (χ4v) is 4.01. The summed E-state index contributed by atoms with van der Waals surface area (Å²) in [7, 11) is 0. The third kappa shape index (κ3) is 4.85. The molecule has 0 fully saturated rings. The van der Waals surface area contributed by atoms with Crippen LogP contribution in [-0.4, -0.2) is 27.0 Å². The van der Waals surface area contributed by atoms with Gasteiger partial charge in [-0.15, -0.1) is 0 Å². The highest BCUT2D eigenvalue weighted by atomic mass is 19.1. The van der Waals surface area contributed by atoms with Crippen LogP contribution in [0.2, 0.25) is 0 Å². The quantitative estimate of drug-likeness (QED) is 0.412. The Morgan fingerprint density at radius 1 is 1.06 bits per heavy atom. The summed E-state index contributed by atoms with van der Waals surface area (Å²) in [6.07, 6.45) is 4.24. The molecular weight excluding hydrogens is 403 g/mol. The fourth-order valence-electron chi connectivity index (χ4n) is 4.01.